The molecule has 1 unspecified atom stereocenters. The van der Waals surface area contributed by atoms with Crippen LogP contribution in [-0.2, 0) is 4.79 Å². The highest BCUT2D eigenvalue weighted by Crippen LogP contribution is 2.35. The summed E-state index contributed by atoms with van der Waals surface area (Å²) in [5, 5.41) is 6.69. The van der Waals surface area contributed by atoms with E-state index in [0.29, 0.717) is 5.92 Å². The molecule has 4 heteroatoms. The number of nitrogens with zero attached hydrogens (tertiary/aromatic N) is 1. The van der Waals surface area contributed by atoms with E-state index in [4.69, 9.17) is 0 Å². The van der Waals surface area contributed by atoms with Gasteiger partial charge in [-0.3, -0.25) is 9.69 Å². The highest BCUT2D eigenvalue weighted by Gasteiger charge is 2.43. The first-order valence-electron chi connectivity index (χ1n) is 8.80. The number of piperazine rings is 1. The molecule has 2 rings (SSSR count). The van der Waals surface area contributed by atoms with Crippen LogP contribution in [0.25, 0.3) is 0 Å². The van der Waals surface area contributed by atoms with E-state index in [2.05, 4.69) is 36.3 Å². The first-order chi connectivity index (χ1) is 10.1. The maximum absolute atomic E-state index is 12.5. The highest BCUT2D eigenvalue weighted by atomic mass is 16.2. The van der Waals surface area contributed by atoms with Crippen LogP contribution in [0, 0.1) is 5.92 Å². The lowest BCUT2D eigenvalue weighted by Gasteiger charge is -2.51. The summed E-state index contributed by atoms with van der Waals surface area (Å²) in [7, 11) is 0. The Kier molecular flexibility index (Phi) is 6.06. The molecule has 0 aromatic carbocycles. The Morgan fingerprint density at radius 2 is 1.95 bits per heavy atom. The van der Waals surface area contributed by atoms with Gasteiger partial charge >= 0.3 is 0 Å². The number of amides is 1. The topological polar surface area (TPSA) is 44.4 Å². The van der Waals surface area contributed by atoms with E-state index in [-0.39, 0.29) is 17.5 Å². The minimum Gasteiger partial charge on any atom is -0.355 e. The quantitative estimate of drug-likeness (QED) is 0.817. The van der Waals surface area contributed by atoms with Gasteiger partial charge in [-0.1, -0.05) is 33.1 Å². The molecule has 2 aliphatic rings. The fourth-order valence-corrected chi connectivity index (χ4v) is 3.91. The normalized spacial score (nSPS) is 24.2. The van der Waals surface area contributed by atoms with Crippen LogP contribution in [0.5, 0.6) is 0 Å². The Labute approximate surface area is 130 Å². The molecule has 1 saturated carbocycles. The number of carbonyl (C=O) groups excluding carboxylic acids is 1. The molecule has 1 amide bonds. The molecular weight excluding hydrogens is 262 g/mol. The molecule has 0 radical (unpaired) electrons. The van der Waals surface area contributed by atoms with Crippen molar-refractivity contribution in [3.8, 4) is 0 Å². The van der Waals surface area contributed by atoms with Crippen LogP contribution in [0.15, 0.2) is 0 Å². The van der Waals surface area contributed by atoms with Gasteiger partial charge in [-0.2, -0.15) is 0 Å². The van der Waals surface area contributed by atoms with Crippen molar-refractivity contribution in [1.82, 2.24) is 15.5 Å². The number of hydrogen-bond donors (Lipinski definition) is 2. The third-order valence-corrected chi connectivity index (χ3v) is 5.24. The van der Waals surface area contributed by atoms with Crippen molar-refractivity contribution in [3.05, 3.63) is 0 Å². The Morgan fingerprint density at radius 3 is 2.62 bits per heavy atom. The van der Waals surface area contributed by atoms with E-state index in [9.17, 15) is 4.79 Å². The Balaban J connectivity index is 1.94. The van der Waals surface area contributed by atoms with E-state index < -0.39 is 0 Å². The monoisotopic (exact) mass is 295 g/mol. The molecule has 1 aliphatic carbocycles. The van der Waals surface area contributed by atoms with Crippen molar-refractivity contribution in [1.29, 1.82) is 0 Å². The summed E-state index contributed by atoms with van der Waals surface area (Å²) < 4.78 is 0. The molecular formula is C17H33N3O. The number of carbonyl (C=O) groups is 1. The molecule has 1 aliphatic heterocycles. The highest BCUT2D eigenvalue weighted by molar-refractivity contribution is 5.81. The summed E-state index contributed by atoms with van der Waals surface area (Å²) in [6.07, 6.45) is 7.50. The van der Waals surface area contributed by atoms with E-state index >= 15 is 0 Å². The number of rotatable bonds is 5. The van der Waals surface area contributed by atoms with Crippen LogP contribution in [0.3, 0.4) is 0 Å². The van der Waals surface area contributed by atoms with Crippen molar-refractivity contribution in [2.75, 3.05) is 26.2 Å². The predicted octanol–water partition coefficient (Wildman–Crippen LogP) is 2.15. The van der Waals surface area contributed by atoms with Crippen molar-refractivity contribution in [3.63, 3.8) is 0 Å². The van der Waals surface area contributed by atoms with Crippen molar-refractivity contribution < 1.29 is 4.79 Å². The maximum Gasteiger partial charge on any atom is 0.237 e. The van der Waals surface area contributed by atoms with Gasteiger partial charge in [0, 0.05) is 31.7 Å². The van der Waals surface area contributed by atoms with Crippen LogP contribution in [0.4, 0.5) is 0 Å². The zero-order valence-corrected chi connectivity index (χ0v) is 14.1. The van der Waals surface area contributed by atoms with Crippen molar-refractivity contribution in [2.45, 2.75) is 70.9 Å². The Morgan fingerprint density at radius 1 is 1.24 bits per heavy atom. The SMILES string of the molecule is CC(C)CCNC(=O)C(C)N1CCNCC12CCCCC2. The summed E-state index contributed by atoms with van der Waals surface area (Å²) in [4.78, 5) is 15.0. The van der Waals surface area contributed by atoms with E-state index in [0.717, 1.165) is 32.6 Å². The van der Waals surface area contributed by atoms with Gasteiger partial charge in [-0.15, -0.1) is 0 Å². The molecule has 1 saturated heterocycles. The second-order valence-corrected chi connectivity index (χ2v) is 7.30. The summed E-state index contributed by atoms with van der Waals surface area (Å²) >= 11 is 0. The average Bonchev–Trinajstić information content (AvgIpc) is 2.47. The van der Waals surface area contributed by atoms with Crippen LogP contribution >= 0.6 is 0 Å². The van der Waals surface area contributed by atoms with Gasteiger partial charge in [0.05, 0.1) is 6.04 Å². The summed E-state index contributed by atoms with van der Waals surface area (Å²) in [5.74, 6) is 0.854. The largest absolute Gasteiger partial charge is 0.355 e. The maximum atomic E-state index is 12.5. The average molecular weight is 295 g/mol. The van der Waals surface area contributed by atoms with Gasteiger partial charge < -0.3 is 10.6 Å². The first kappa shape index (κ1) is 16.8. The number of hydrogen-bond acceptors (Lipinski definition) is 3. The molecule has 4 nitrogen and oxygen atoms in total. The summed E-state index contributed by atoms with van der Waals surface area (Å²) in [5.41, 5.74) is 0.227. The van der Waals surface area contributed by atoms with Gasteiger partial charge in [-0.25, -0.2) is 0 Å². The molecule has 1 atom stereocenters. The lowest BCUT2D eigenvalue weighted by Crippen LogP contribution is -2.66. The van der Waals surface area contributed by atoms with Gasteiger partial charge in [0.2, 0.25) is 5.91 Å². The standard InChI is InChI=1S/C17H33N3O/c1-14(2)7-10-19-16(21)15(3)20-12-11-18-13-17(20)8-5-4-6-9-17/h14-15,18H,4-13H2,1-3H3,(H,19,21). The summed E-state index contributed by atoms with van der Waals surface area (Å²) in [6, 6.07) is -0.00244. The molecule has 2 N–H and O–H groups in total. The van der Waals surface area contributed by atoms with Gasteiger partial charge in [-0.05, 0) is 32.1 Å². The summed E-state index contributed by atoms with van der Waals surface area (Å²) in [6.45, 7) is 10.3. The van der Waals surface area contributed by atoms with Gasteiger partial charge in [0.15, 0.2) is 0 Å². The lowest BCUT2D eigenvalue weighted by atomic mass is 9.78. The van der Waals surface area contributed by atoms with E-state index in [1.165, 1.54) is 32.1 Å². The molecule has 0 aromatic heterocycles. The Bertz CT molecular complexity index is 329. The fraction of sp³-hybridized carbons (Fsp3) is 0.941. The van der Waals surface area contributed by atoms with Crippen LogP contribution in [0.2, 0.25) is 0 Å². The molecule has 2 fully saturated rings. The van der Waals surface area contributed by atoms with Crippen molar-refractivity contribution >= 4 is 5.91 Å². The molecule has 0 aromatic rings. The van der Waals surface area contributed by atoms with E-state index in [1.54, 1.807) is 0 Å². The van der Waals surface area contributed by atoms with E-state index in [1.807, 2.05) is 0 Å². The minimum atomic E-state index is -0.00244. The minimum absolute atomic E-state index is 0.00244. The van der Waals surface area contributed by atoms with Crippen LogP contribution < -0.4 is 10.6 Å². The zero-order chi connectivity index (χ0) is 15.3. The molecule has 21 heavy (non-hydrogen) atoms. The number of nitrogens with one attached hydrogen (secondary N) is 2. The Hall–Kier alpha value is -0.610. The zero-order valence-electron chi connectivity index (χ0n) is 14.1. The van der Waals surface area contributed by atoms with Gasteiger partial charge in [0.1, 0.15) is 0 Å². The third-order valence-electron chi connectivity index (χ3n) is 5.24. The third kappa shape index (κ3) is 4.19. The van der Waals surface area contributed by atoms with Crippen LogP contribution in [0.1, 0.15) is 59.3 Å². The lowest BCUT2D eigenvalue weighted by molar-refractivity contribution is -0.130. The molecule has 0 bridgehead atoms. The predicted molar refractivity (Wildman–Crippen MR) is 87.3 cm³/mol. The first-order valence-corrected chi connectivity index (χ1v) is 8.80. The molecule has 1 spiro atoms. The van der Waals surface area contributed by atoms with Crippen molar-refractivity contribution in [2.24, 2.45) is 5.92 Å². The second kappa shape index (κ2) is 7.59. The smallest absolute Gasteiger partial charge is 0.237 e. The molecule has 122 valence electrons. The second-order valence-electron chi connectivity index (χ2n) is 7.30. The molecule has 1 heterocycles. The van der Waals surface area contributed by atoms with Gasteiger partial charge in [0.25, 0.3) is 0 Å². The fourth-order valence-electron chi connectivity index (χ4n) is 3.91. The van der Waals surface area contributed by atoms with Crippen LogP contribution in [-0.4, -0.2) is 48.6 Å².